The molecule has 2 atom stereocenters. The molecule has 0 radical (unpaired) electrons. The number of aliphatic carboxylic acids is 1. The number of carboxylic acid groups (broad SMARTS) is 1. The first-order valence-electron chi connectivity index (χ1n) is 4.08. The van der Waals surface area contributed by atoms with Gasteiger partial charge in [0.2, 0.25) is 5.91 Å². The van der Waals surface area contributed by atoms with Crippen molar-refractivity contribution in [3.63, 3.8) is 0 Å². The monoisotopic (exact) mass is 171 g/mol. The summed E-state index contributed by atoms with van der Waals surface area (Å²) < 4.78 is 0. The van der Waals surface area contributed by atoms with Crippen molar-refractivity contribution in [2.75, 3.05) is 6.54 Å². The fourth-order valence-corrected chi connectivity index (χ4v) is 1.30. The maximum Gasteiger partial charge on any atom is 0.306 e. The van der Waals surface area contributed by atoms with Gasteiger partial charge < -0.3 is 10.4 Å². The minimum atomic E-state index is -0.706. The second-order valence-corrected chi connectivity index (χ2v) is 3.21. The third-order valence-corrected chi connectivity index (χ3v) is 2.13. The molecule has 1 aliphatic carbocycles. The molecule has 1 fully saturated rings. The number of carbonyl (C=O) groups excluding carboxylic acids is 1. The van der Waals surface area contributed by atoms with Crippen molar-refractivity contribution in [1.82, 2.24) is 5.32 Å². The Balaban J connectivity index is 2.04. The van der Waals surface area contributed by atoms with Gasteiger partial charge in [0.1, 0.15) is 0 Å². The van der Waals surface area contributed by atoms with Crippen LogP contribution in [-0.2, 0) is 9.59 Å². The number of carboxylic acids is 1. The molecule has 1 aliphatic rings. The molecule has 0 unspecified atom stereocenters. The molecule has 4 heteroatoms. The molecule has 0 aliphatic heterocycles. The molecule has 4 nitrogen and oxygen atoms in total. The van der Waals surface area contributed by atoms with Crippen LogP contribution in [0, 0.1) is 11.8 Å². The van der Waals surface area contributed by atoms with Crippen molar-refractivity contribution >= 4 is 11.9 Å². The molecule has 0 spiro atoms. The van der Waals surface area contributed by atoms with Gasteiger partial charge in [-0.3, -0.25) is 9.59 Å². The molecule has 0 saturated heterocycles. The fraction of sp³-hybridized carbons (Fsp3) is 0.750. The van der Waals surface area contributed by atoms with Crippen LogP contribution in [0.2, 0.25) is 0 Å². The van der Waals surface area contributed by atoms with E-state index in [-0.39, 0.29) is 17.7 Å². The van der Waals surface area contributed by atoms with Crippen molar-refractivity contribution in [3.8, 4) is 0 Å². The van der Waals surface area contributed by atoms with E-state index in [1.807, 2.05) is 0 Å². The zero-order valence-electron chi connectivity index (χ0n) is 7.04. The van der Waals surface area contributed by atoms with Crippen LogP contribution in [0.4, 0.5) is 0 Å². The summed E-state index contributed by atoms with van der Waals surface area (Å²) in [4.78, 5) is 20.8. The average Bonchev–Trinajstić information content (AvgIpc) is 2.66. The Bertz CT molecular complexity index is 202. The molecule has 2 N–H and O–H groups in total. The second kappa shape index (κ2) is 3.56. The zero-order chi connectivity index (χ0) is 9.14. The van der Waals surface area contributed by atoms with Crippen LogP contribution in [0.25, 0.3) is 0 Å². The Morgan fingerprint density at radius 2 is 2.25 bits per heavy atom. The predicted molar refractivity (Wildman–Crippen MR) is 42.5 cm³/mol. The molecule has 1 rings (SSSR count). The Morgan fingerprint density at radius 3 is 2.67 bits per heavy atom. The van der Waals surface area contributed by atoms with Gasteiger partial charge in [0.05, 0.1) is 5.92 Å². The van der Waals surface area contributed by atoms with Crippen LogP contribution in [0.15, 0.2) is 0 Å². The Labute approximate surface area is 71.0 Å². The smallest absolute Gasteiger partial charge is 0.306 e. The van der Waals surface area contributed by atoms with Crippen LogP contribution in [-0.4, -0.2) is 23.5 Å². The average molecular weight is 171 g/mol. The molecule has 1 saturated carbocycles. The summed E-state index contributed by atoms with van der Waals surface area (Å²) >= 11 is 0. The standard InChI is InChI=1S/C8H13NO3/c1-5(10)9-3-2-6-4-7(6)8(11)12/h6-7H,2-4H2,1H3,(H,9,10)(H,11,12)/t6-,7-/m1/s1. The van der Waals surface area contributed by atoms with Crippen LogP contribution < -0.4 is 5.32 Å². The quantitative estimate of drug-likeness (QED) is 0.636. The Hall–Kier alpha value is -1.06. The maximum atomic E-state index is 10.4. The largest absolute Gasteiger partial charge is 0.481 e. The van der Waals surface area contributed by atoms with E-state index in [1.165, 1.54) is 6.92 Å². The minimum absolute atomic E-state index is 0.0532. The maximum absolute atomic E-state index is 10.4. The number of rotatable bonds is 4. The van der Waals surface area contributed by atoms with Crippen molar-refractivity contribution in [2.24, 2.45) is 11.8 Å². The summed E-state index contributed by atoms with van der Waals surface area (Å²) in [5.74, 6) is -0.626. The van der Waals surface area contributed by atoms with Crippen molar-refractivity contribution in [2.45, 2.75) is 19.8 Å². The lowest BCUT2D eigenvalue weighted by Gasteiger charge is -1.99. The van der Waals surface area contributed by atoms with E-state index >= 15 is 0 Å². The van der Waals surface area contributed by atoms with Crippen LogP contribution in [0.3, 0.4) is 0 Å². The number of carbonyl (C=O) groups is 2. The van der Waals surface area contributed by atoms with Crippen molar-refractivity contribution in [3.05, 3.63) is 0 Å². The highest BCUT2D eigenvalue weighted by molar-refractivity contribution is 5.74. The van der Waals surface area contributed by atoms with E-state index < -0.39 is 5.97 Å². The number of hydrogen-bond donors (Lipinski definition) is 2. The first-order valence-corrected chi connectivity index (χ1v) is 4.08. The summed E-state index contributed by atoms with van der Waals surface area (Å²) in [6.45, 7) is 2.06. The molecule has 68 valence electrons. The molecular weight excluding hydrogens is 158 g/mol. The highest BCUT2D eigenvalue weighted by atomic mass is 16.4. The molecular formula is C8H13NO3. The summed E-state index contributed by atoms with van der Waals surface area (Å²) in [7, 11) is 0. The van der Waals surface area contributed by atoms with Gasteiger partial charge in [0.25, 0.3) is 0 Å². The lowest BCUT2D eigenvalue weighted by Crippen LogP contribution is -2.21. The van der Waals surface area contributed by atoms with Crippen LogP contribution in [0.5, 0.6) is 0 Å². The van der Waals surface area contributed by atoms with E-state index in [2.05, 4.69) is 5.32 Å². The van der Waals surface area contributed by atoms with E-state index in [9.17, 15) is 9.59 Å². The van der Waals surface area contributed by atoms with Gasteiger partial charge >= 0.3 is 5.97 Å². The highest BCUT2D eigenvalue weighted by Gasteiger charge is 2.42. The third-order valence-electron chi connectivity index (χ3n) is 2.13. The first-order chi connectivity index (χ1) is 5.61. The SMILES string of the molecule is CC(=O)NCC[C@@H]1C[C@H]1C(=O)O. The number of nitrogens with one attached hydrogen (secondary N) is 1. The Morgan fingerprint density at radius 1 is 1.58 bits per heavy atom. The van der Waals surface area contributed by atoms with Crippen LogP contribution >= 0.6 is 0 Å². The van der Waals surface area contributed by atoms with Crippen LogP contribution in [0.1, 0.15) is 19.8 Å². The number of hydrogen-bond acceptors (Lipinski definition) is 2. The van der Waals surface area contributed by atoms with Gasteiger partial charge in [-0.1, -0.05) is 0 Å². The third kappa shape index (κ3) is 2.53. The van der Waals surface area contributed by atoms with Gasteiger partial charge in [-0.05, 0) is 18.8 Å². The van der Waals surface area contributed by atoms with E-state index in [0.29, 0.717) is 6.54 Å². The van der Waals surface area contributed by atoms with Crippen molar-refractivity contribution in [1.29, 1.82) is 0 Å². The summed E-state index contributed by atoms with van der Waals surface area (Å²) in [6.07, 6.45) is 1.56. The summed E-state index contributed by atoms with van der Waals surface area (Å²) in [5.41, 5.74) is 0. The molecule has 12 heavy (non-hydrogen) atoms. The van der Waals surface area contributed by atoms with Gasteiger partial charge in [-0.15, -0.1) is 0 Å². The van der Waals surface area contributed by atoms with E-state index in [1.54, 1.807) is 0 Å². The Kier molecular flexibility index (Phi) is 2.68. The second-order valence-electron chi connectivity index (χ2n) is 3.21. The fourth-order valence-electron chi connectivity index (χ4n) is 1.30. The van der Waals surface area contributed by atoms with Gasteiger partial charge in [0, 0.05) is 13.5 Å². The normalized spacial score (nSPS) is 26.4. The molecule has 1 amide bonds. The minimum Gasteiger partial charge on any atom is -0.481 e. The lowest BCUT2D eigenvalue weighted by atomic mass is 10.2. The van der Waals surface area contributed by atoms with Gasteiger partial charge in [-0.25, -0.2) is 0 Å². The van der Waals surface area contributed by atoms with E-state index in [4.69, 9.17) is 5.11 Å². The lowest BCUT2D eigenvalue weighted by molar-refractivity contribution is -0.138. The molecule has 0 aromatic carbocycles. The predicted octanol–water partition coefficient (Wildman–Crippen LogP) is 0.233. The van der Waals surface area contributed by atoms with Gasteiger partial charge in [-0.2, -0.15) is 0 Å². The molecule has 0 bridgehead atoms. The molecule has 0 heterocycles. The molecule has 0 aromatic rings. The van der Waals surface area contributed by atoms with Gasteiger partial charge in [0.15, 0.2) is 0 Å². The van der Waals surface area contributed by atoms with E-state index in [0.717, 1.165) is 12.8 Å². The summed E-state index contributed by atoms with van der Waals surface area (Å²) in [5, 5.41) is 11.2. The number of amides is 1. The topological polar surface area (TPSA) is 66.4 Å². The zero-order valence-corrected chi connectivity index (χ0v) is 7.04. The first kappa shape index (κ1) is 9.03. The van der Waals surface area contributed by atoms with Crippen molar-refractivity contribution < 1.29 is 14.7 Å². The summed E-state index contributed by atoms with van der Waals surface area (Å²) in [6, 6.07) is 0. The molecule has 0 aromatic heterocycles. The highest BCUT2D eigenvalue weighted by Crippen LogP contribution is 2.40.